The predicted octanol–water partition coefficient (Wildman–Crippen LogP) is 4.30. The number of carbonyl (C=O) groups excluding carboxylic acids is 1. The summed E-state index contributed by atoms with van der Waals surface area (Å²) in [6.45, 7) is 0. The van der Waals surface area contributed by atoms with Gasteiger partial charge in [-0.1, -0.05) is 66.7 Å². The Morgan fingerprint density at radius 1 is 0.792 bits per heavy atom. The van der Waals surface area contributed by atoms with E-state index in [0.29, 0.717) is 5.69 Å². The molecule has 0 atom stereocenters. The number of benzene rings is 3. The summed E-state index contributed by atoms with van der Waals surface area (Å²) < 4.78 is 0. The van der Waals surface area contributed by atoms with E-state index in [1.165, 1.54) is 6.07 Å². The van der Waals surface area contributed by atoms with Crippen LogP contribution >= 0.6 is 0 Å². The third-order valence-corrected chi connectivity index (χ3v) is 3.65. The number of hydrogen-bond acceptors (Lipinski definition) is 2. The van der Waals surface area contributed by atoms with Crippen molar-refractivity contribution in [1.82, 2.24) is 5.32 Å². The Kier molecular flexibility index (Phi) is 4.77. The van der Waals surface area contributed by atoms with E-state index in [2.05, 4.69) is 10.6 Å². The van der Waals surface area contributed by atoms with Crippen molar-refractivity contribution in [1.29, 1.82) is 0 Å². The van der Waals surface area contributed by atoms with Crippen LogP contribution in [0.3, 0.4) is 0 Å². The van der Waals surface area contributed by atoms with Crippen molar-refractivity contribution in [3.63, 3.8) is 0 Å². The largest absolute Gasteiger partial charge is 0.508 e. The summed E-state index contributed by atoms with van der Waals surface area (Å²) in [4.78, 5) is 12.4. The van der Waals surface area contributed by atoms with Crippen LogP contribution in [0.25, 0.3) is 0 Å². The van der Waals surface area contributed by atoms with Crippen LogP contribution in [0.2, 0.25) is 0 Å². The van der Waals surface area contributed by atoms with Crippen molar-refractivity contribution in [2.24, 2.45) is 0 Å². The first-order chi connectivity index (χ1) is 11.7. The van der Waals surface area contributed by atoms with Gasteiger partial charge in [-0.25, -0.2) is 4.79 Å². The maximum atomic E-state index is 12.4. The standard InChI is InChI=1S/C20H18N2O2/c23-18-13-7-12-17(14-18)21-20(24)22-19(15-8-3-1-4-9-15)16-10-5-2-6-11-16/h1-14,19,23H,(H2,21,22,24). The highest BCUT2D eigenvalue weighted by atomic mass is 16.3. The number of carbonyl (C=O) groups is 1. The van der Waals surface area contributed by atoms with Crippen molar-refractivity contribution >= 4 is 11.7 Å². The SMILES string of the molecule is O=C(Nc1cccc(O)c1)NC(c1ccccc1)c1ccccc1. The molecule has 4 nitrogen and oxygen atoms in total. The van der Waals surface area contributed by atoms with Crippen LogP contribution in [0.5, 0.6) is 5.75 Å². The summed E-state index contributed by atoms with van der Waals surface area (Å²) in [7, 11) is 0. The highest BCUT2D eigenvalue weighted by Gasteiger charge is 2.16. The van der Waals surface area contributed by atoms with Gasteiger partial charge in [-0.05, 0) is 23.3 Å². The number of aromatic hydroxyl groups is 1. The van der Waals surface area contributed by atoms with Gasteiger partial charge in [-0.2, -0.15) is 0 Å². The number of phenols is 1. The van der Waals surface area contributed by atoms with E-state index in [4.69, 9.17) is 0 Å². The Hall–Kier alpha value is -3.27. The van der Waals surface area contributed by atoms with Gasteiger partial charge >= 0.3 is 6.03 Å². The fourth-order valence-electron chi connectivity index (χ4n) is 2.53. The zero-order valence-electron chi connectivity index (χ0n) is 13.0. The first-order valence-electron chi connectivity index (χ1n) is 7.69. The fourth-order valence-corrected chi connectivity index (χ4v) is 2.53. The molecule has 0 fully saturated rings. The number of rotatable bonds is 4. The lowest BCUT2D eigenvalue weighted by molar-refractivity contribution is 0.250. The van der Waals surface area contributed by atoms with Crippen LogP contribution in [-0.2, 0) is 0 Å². The van der Waals surface area contributed by atoms with Gasteiger partial charge in [-0.15, -0.1) is 0 Å². The third-order valence-electron chi connectivity index (χ3n) is 3.65. The zero-order valence-corrected chi connectivity index (χ0v) is 13.0. The molecule has 0 saturated carbocycles. The van der Waals surface area contributed by atoms with Gasteiger partial charge in [0.25, 0.3) is 0 Å². The van der Waals surface area contributed by atoms with E-state index >= 15 is 0 Å². The minimum Gasteiger partial charge on any atom is -0.508 e. The predicted molar refractivity (Wildman–Crippen MR) is 95.0 cm³/mol. The summed E-state index contributed by atoms with van der Waals surface area (Å²) >= 11 is 0. The van der Waals surface area contributed by atoms with Crippen molar-refractivity contribution in [3.8, 4) is 5.75 Å². The van der Waals surface area contributed by atoms with Crippen LogP contribution < -0.4 is 10.6 Å². The molecule has 3 aromatic carbocycles. The molecule has 0 aromatic heterocycles. The topological polar surface area (TPSA) is 61.4 Å². The van der Waals surface area contributed by atoms with Gasteiger partial charge < -0.3 is 15.7 Å². The maximum absolute atomic E-state index is 12.4. The van der Waals surface area contributed by atoms with Crippen LogP contribution in [0.1, 0.15) is 17.2 Å². The smallest absolute Gasteiger partial charge is 0.319 e. The molecule has 0 aliphatic rings. The number of hydrogen-bond donors (Lipinski definition) is 3. The molecule has 0 bridgehead atoms. The highest BCUT2D eigenvalue weighted by Crippen LogP contribution is 2.22. The van der Waals surface area contributed by atoms with Gasteiger partial charge in [0, 0.05) is 11.8 Å². The lowest BCUT2D eigenvalue weighted by Gasteiger charge is -2.20. The van der Waals surface area contributed by atoms with Crippen molar-refractivity contribution < 1.29 is 9.90 Å². The van der Waals surface area contributed by atoms with Crippen molar-refractivity contribution in [2.45, 2.75) is 6.04 Å². The first kappa shape index (κ1) is 15.6. The average Bonchev–Trinajstić information content (AvgIpc) is 2.61. The molecule has 4 heteroatoms. The first-order valence-corrected chi connectivity index (χ1v) is 7.69. The third kappa shape index (κ3) is 3.93. The Bertz CT molecular complexity index is 765. The molecule has 0 radical (unpaired) electrons. The normalized spacial score (nSPS) is 10.4. The average molecular weight is 318 g/mol. The lowest BCUT2D eigenvalue weighted by Crippen LogP contribution is -2.33. The lowest BCUT2D eigenvalue weighted by atomic mass is 9.99. The maximum Gasteiger partial charge on any atom is 0.319 e. The summed E-state index contributed by atoms with van der Waals surface area (Å²) in [5.74, 6) is 0.107. The molecule has 0 heterocycles. The Balaban J connectivity index is 1.80. The van der Waals surface area contributed by atoms with Crippen LogP contribution in [0.4, 0.5) is 10.5 Å². The second kappa shape index (κ2) is 7.33. The number of nitrogens with one attached hydrogen (secondary N) is 2. The van der Waals surface area contributed by atoms with Crippen molar-refractivity contribution in [2.75, 3.05) is 5.32 Å². The van der Waals surface area contributed by atoms with E-state index in [1.807, 2.05) is 60.7 Å². The summed E-state index contributed by atoms with van der Waals surface area (Å²) in [6.07, 6.45) is 0. The molecule has 3 rings (SSSR count). The van der Waals surface area contributed by atoms with Gasteiger partial charge in [0.2, 0.25) is 0 Å². The second-order valence-corrected chi connectivity index (χ2v) is 5.40. The molecule has 2 amide bonds. The van der Waals surface area contributed by atoms with E-state index in [-0.39, 0.29) is 17.8 Å². The number of amides is 2. The summed E-state index contributed by atoms with van der Waals surface area (Å²) in [5.41, 5.74) is 2.52. The van der Waals surface area contributed by atoms with Gasteiger partial charge in [0.05, 0.1) is 6.04 Å². The minimum atomic E-state index is -0.335. The highest BCUT2D eigenvalue weighted by molar-refractivity contribution is 5.90. The Labute approximate surface area is 140 Å². The summed E-state index contributed by atoms with van der Waals surface area (Å²) in [6, 6.07) is 25.4. The quantitative estimate of drug-likeness (QED) is 0.671. The van der Waals surface area contributed by atoms with E-state index < -0.39 is 0 Å². The molecule has 0 saturated heterocycles. The van der Waals surface area contributed by atoms with E-state index in [0.717, 1.165) is 11.1 Å². The zero-order chi connectivity index (χ0) is 16.8. The molecule has 0 aliphatic carbocycles. The van der Waals surface area contributed by atoms with Gasteiger partial charge in [-0.3, -0.25) is 0 Å². The molecule has 3 aromatic rings. The molecule has 3 N–H and O–H groups in total. The number of phenolic OH excluding ortho intramolecular Hbond substituents is 1. The molecule has 0 spiro atoms. The van der Waals surface area contributed by atoms with Crippen LogP contribution in [-0.4, -0.2) is 11.1 Å². The minimum absolute atomic E-state index is 0.107. The second-order valence-electron chi connectivity index (χ2n) is 5.40. The van der Waals surface area contributed by atoms with E-state index in [1.54, 1.807) is 18.2 Å². The Morgan fingerprint density at radius 3 is 1.92 bits per heavy atom. The molecular weight excluding hydrogens is 300 g/mol. The number of urea groups is 1. The van der Waals surface area contributed by atoms with Crippen LogP contribution in [0.15, 0.2) is 84.9 Å². The van der Waals surface area contributed by atoms with E-state index in [9.17, 15) is 9.90 Å². The molecule has 0 aliphatic heterocycles. The van der Waals surface area contributed by atoms with Crippen molar-refractivity contribution in [3.05, 3.63) is 96.1 Å². The summed E-state index contributed by atoms with van der Waals surface area (Å²) in [5, 5.41) is 15.2. The van der Waals surface area contributed by atoms with Gasteiger partial charge in [0.1, 0.15) is 5.75 Å². The monoisotopic (exact) mass is 318 g/mol. The number of anilines is 1. The fraction of sp³-hybridized carbons (Fsp3) is 0.0500. The molecule has 120 valence electrons. The van der Waals surface area contributed by atoms with Crippen LogP contribution in [0, 0.1) is 0 Å². The molecule has 24 heavy (non-hydrogen) atoms. The molecule has 0 unspecified atom stereocenters. The Morgan fingerprint density at radius 2 is 1.38 bits per heavy atom. The van der Waals surface area contributed by atoms with Gasteiger partial charge in [0.15, 0.2) is 0 Å². The molecular formula is C20H18N2O2.